The zero-order chi connectivity index (χ0) is 21.3. The zero-order valence-corrected chi connectivity index (χ0v) is 16.8. The number of hydrogen-bond donors (Lipinski definition) is 1. The van der Waals surface area contributed by atoms with Gasteiger partial charge in [-0.15, -0.1) is 0 Å². The van der Waals surface area contributed by atoms with Crippen LogP contribution in [0.4, 0.5) is 0 Å². The van der Waals surface area contributed by atoms with E-state index in [1.54, 1.807) is 54.6 Å². The number of carbonyl (C=O) groups excluding carboxylic acids is 2. The summed E-state index contributed by atoms with van der Waals surface area (Å²) < 4.78 is 11.1. The first-order valence-electron chi connectivity index (χ1n) is 9.51. The molecule has 1 amide bonds. The molecule has 3 aromatic carbocycles. The number of amides is 1. The van der Waals surface area contributed by atoms with E-state index >= 15 is 0 Å². The van der Waals surface area contributed by atoms with Crippen molar-refractivity contribution in [2.24, 2.45) is 5.10 Å². The Kier molecular flexibility index (Phi) is 6.95. The van der Waals surface area contributed by atoms with E-state index in [1.165, 1.54) is 6.21 Å². The van der Waals surface area contributed by atoms with Gasteiger partial charge in [-0.2, -0.15) is 5.10 Å². The first kappa shape index (κ1) is 20.8. The van der Waals surface area contributed by atoms with Gasteiger partial charge in [-0.1, -0.05) is 35.9 Å². The lowest BCUT2D eigenvalue weighted by molar-refractivity contribution is 0.0728. The van der Waals surface area contributed by atoms with Gasteiger partial charge < -0.3 is 9.47 Å². The van der Waals surface area contributed by atoms with E-state index in [-0.39, 0.29) is 5.91 Å². The van der Waals surface area contributed by atoms with Crippen molar-refractivity contribution >= 4 is 18.1 Å². The Morgan fingerprint density at radius 3 is 2.37 bits per heavy atom. The van der Waals surface area contributed by atoms with E-state index in [0.29, 0.717) is 34.8 Å². The summed E-state index contributed by atoms with van der Waals surface area (Å²) >= 11 is 0. The molecule has 0 spiro atoms. The largest absolute Gasteiger partial charge is 0.490 e. The highest BCUT2D eigenvalue weighted by Crippen LogP contribution is 2.29. The number of carbonyl (C=O) groups is 2. The Morgan fingerprint density at radius 1 is 0.933 bits per heavy atom. The van der Waals surface area contributed by atoms with Crippen LogP contribution >= 0.6 is 0 Å². The Balaban J connectivity index is 1.70. The van der Waals surface area contributed by atoms with Gasteiger partial charge in [0.15, 0.2) is 11.5 Å². The van der Waals surface area contributed by atoms with Crippen LogP contribution in [0.25, 0.3) is 0 Å². The molecule has 6 heteroatoms. The van der Waals surface area contributed by atoms with E-state index < -0.39 is 5.97 Å². The molecule has 3 rings (SSSR count). The Bertz CT molecular complexity index is 1040. The lowest BCUT2D eigenvalue weighted by atomic mass is 10.1. The SMILES string of the molecule is CCOc1cc(C=NNC(=O)c2ccccc2)ccc1OC(=O)c1ccc(C)cc1. The van der Waals surface area contributed by atoms with E-state index in [4.69, 9.17) is 9.47 Å². The number of nitrogens with zero attached hydrogens (tertiary/aromatic N) is 1. The summed E-state index contributed by atoms with van der Waals surface area (Å²) in [5.74, 6) is -0.0442. The van der Waals surface area contributed by atoms with Gasteiger partial charge in [0.05, 0.1) is 18.4 Å². The number of esters is 1. The van der Waals surface area contributed by atoms with Crippen molar-refractivity contribution in [3.63, 3.8) is 0 Å². The smallest absolute Gasteiger partial charge is 0.343 e. The predicted molar refractivity (Wildman–Crippen MR) is 115 cm³/mol. The minimum atomic E-state index is -0.465. The lowest BCUT2D eigenvalue weighted by Crippen LogP contribution is -2.17. The molecular formula is C24H22N2O4. The standard InChI is InChI=1S/C24H22N2O4/c1-3-29-22-15-18(16-25-26-23(27)19-7-5-4-6-8-19)11-14-21(22)30-24(28)20-12-9-17(2)10-13-20/h4-16H,3H2,1-2H3,(H,26,27). The fourth-order valence-electron chi connectivity index (χ4n) is 2.63. The van der Waals surface area contributed by atoms with Gasteiger partial charge in [0.2, 0.25) is 0 Å². The monoisotopic (exact) mass is 402 g/mol. The predicted octanol–water partition coefficient (Wildman–Crippen LogP) is 4.38. The molecular weight excluding hydrogens is 380 g/mol. The number of hydrazone groups is 1. The summed E-state index contributed by atoms with van der Waals surface area (Å²) in [7, 11) is 0. The van der Waals surface area contributed by atoms with Crippen molar-refractivity contribution in [2.45, 2.75) is 13.8 Å². The highest BCUT2D eigenvalue weighted by Gasteiger charge is 2.13. The quantitative estimate of drug-likeness (QED) is 0.275. The van der Waals surface area contributed by atoms with E-state index in [1.807, 2.05) is 32.0 Å². The number of nitrogens with one attached hydrogen (secondary N) is 1. The summed E-state index contributed by atoms with van der Waals surface area (Å²) in [6.45, 7) is 4.19. The lowest BCUT2D eigenvalue weighted by Gasteiger charge is -2.11. The second-order valence-corrected chi connectivity index (χ2v) is 6.46. The number of hydrogen-bond acceptors (Lipinski definition) is 5. The van der Waals surface area contributed by atoms with Crippen molar-refractivity contribution in [3.8, 4) is 11.5 Å². The topological polar surface area (TPSA) is 77.0 Å². The molecule has 0 radical (unpaired) electrons. The fourth-order valence-corrected chi connectivity index (χ4v) is 2.63. The number of rotatable bonds is 7. The molecule has 30 heavy (non-hydrogen) atoms. The molecule has 0 aromatic heterocycles. The molecule has 1 N–H and O–H groups in total. The van der Waals surface area contributed by atoms with Gasteiger partial charge in [0.1, 0.15) is 0 Å². The summed E-state index contributed by atoms with van der Waals surface area (Å²) in [6, 6.07) is 21.0. The van der Waals surface area contributed by atoms with Crippen LogP contribution in [0.5, 0.6) is 11.5 Å². The average Bonchev–Trinajstić information content (AvgIpc) is 2.76. The van der Waals surface area contributed by atoms with Gasteiger partial charge in [0.25, 0.3) is 5.91 Å². The highest BCUT2D eigenvalue weighted by atomic mass is 16.6. The molecule has 6 nitrogen and oxygen atoms in total. The van der Waals surface area contributed by atoms with Crippen molar-refractivity contribution in [1.29, 1.82) is 0 Å². The first-order chi connectivity index (χ1) is 14.6. The average molecular weight is 402 g/mol. The van der Waals surface area contributed by atoms with Crippen LogP contribution in [0.15, 0.2) is 77.9 Å². The molecule has 0 bridgehead atoms. The Morgan fingerprint density at radius 2 is 1.67 bits per heavy atom. The van der Waals surface area contributed by atoms with Crippen LogP contribution in [0, 0.1) is 6.92 Å². The minimum Gasteiger partial charge on any atom is -0.490 e. The molecule has 0 atom stereocenters. The third-order valence-electron chi connectivity index (χ3n) is 4.17. The van der Waals surface area contributed by atoms with Crippen molar-refractivity contribution in [2.75, 3.05) is 6.61 Å². The van der Waals surface area contributed by atoms with Gasteiger partial charge in [-0.3, -0.25) is 4.79 Å². The Labute approximate surface area is 175 Å². The molecule has 0 aliphatic heterocycles. The summed E-state index contributed by atoms with van der Waals surface area (Å²) in [5, 5.41) is 3.98. The summed E-state index contributed by atoms with van der Waals surface area (Å²) in [5.41, 5.74) is 5.19. The van der Waals surface area contributed by atoms with E-state index in [2.05, 4.69) is 10.5 Å². The summed E-state index contributed by atoms with van der Waals surface area (Å²) in [6.07, 6.45) is 1.49. The summed E-state index contributed by atoms with van der Waals surface area (Å²) in [4.78, 5) is 24.4. The Hall–Kier alpha value is -3.93. The maximum absolute atomic E-state index is 12.4. The van der Waals surface area contributed by atoms with Crippen LogP contribution in [0.3, 0.4) is 0 Å². The molecule has 0 fully saturated rings. The molecule has 0 aliphatic carbocycles. The fraction of sp³-hybridized carbons (Fsp3) is 0.125. The van der Waals surface area contributed by atoms with E-state index in [9.17, 15) is 9.59 Å². The molecule has 0 aliphatic rings. The van der Waals surface area contributed by atoms with E-state index in [0.717, 1.165) is 5.56 Å². The number of aryl methyl sites for hydroxylation is 1. The maximum Gasteiger partial charge on any atom is 0.343 e. The number of ether oxygens (including phenoxy) is 2. The second kappa shape index (κ2) is 10.0. The number of benzene rings is 3. The van der Waals surface area contributed by atoms with Crippen LogP contribution < -0.4 is 14.9 Å². The third kappa shape index (κ3) is 5.54. The van der Waals surface area contributed by atoms with Gasteiger partial charge in [-0.25, -0.2) is 10.2 Å². The van der Waals surface area contributed by atoms with Crippen LogP contribution in [-0.4, -0.2) is 24.7 Å². The minimum absolute atomic E-state index is 0.305. The molecule has 0 saturated heterocycles. The molecule has 3 aromatic rings. The van der Waals surface area contributed by atoms with Gasteiger partial charge in [0, 0.05) is 5.56 Å². The van der Waals surface area contributed by atoms with Crippen molar-refractivity contribution < 1.29 is 19.1 Å². The first-order valence-corrected chi connectivity index (χ1v) is 9.51. The third-order valence-corrected chi connectivity index (χ3v) is 4.17. The van der Waals surface area contributed by atoms with Crippen LogP contribution in [0.1, 0.15) is 38.8 Å². The molecule has 0 saturated carbocycles. The normalized spacial score (nSPS) is 10.6. The highest BCUT2D eigenvalue weighted by molar-refractivity contribution is 5.95. The zero-order valence-electron chi connectivity index (χ0n) is 16.8. The van der Waals surface area contributed by atoms with Crippen LogP contribution in [0.2, 0.25) is 0 Å². The maximum atomic E-state index is 12.4. The molecule has 152 valence electrons. The van der Waals surface area contributed by atoms with Gasteiger partial charge in [-0.05, 0) is 61.9 Å². The van der Waals surface area contributed by atoms with Crippen LogP contribution in [-0.2, 0) is 0 Å². The molecule has 0 unspecified atom stereocenters. The van der Waals surface area contributed by atoms with Gasteiger partial charge >= 0.3 is 5.97 Å². The second-order valence-electron chi connectivity index (χ2n) is 6.46. The molecule has 0 heterocycles. The van der Waals surface area contributed by atoms with Crippen molar-refractivity contribution in [1.82, 2.24) is 5.43 Å². The van der Waals surface area contributed by atoms with Crippen molar-refractivity contribution in [3.05, 3.63) is 95.1 Å².